The SMILES string of the molecule is C[C@H]1C[C@@H]1C(=O)NS(=O)(=O)N(C)C. The number of amides is 1. The average Bonchev–Trinajstić information content (AvgIpc) is 2.65. The van der Waals surface area contributed by atoms with Gasteiger partial charge in [-0.25, -0.2) is 4.72 Å². The van der Waals surface area contributed by atoms with Gasteiger partial charge in [0.25, 0.3) is 0 Å². The van der Waals surface area contributed by atoms with E-state index in [0.29, 0.717) is 5.92 Å². The maximum absolute atomic E-state index is 11.2. The minimum Gasteiger partial charge on any atom is -0.274 e. The molecule has 1 rings (SSSR count). The molecule has 1 aliphatic rings. The van der Waals surface area contributed by atoms with Crippen molar-refractivity contribution in [2.75, 3.05) is 14.1 Å². The van der Waals surface area contributed by atoms with Crippen LogP contribution in [0.5, 0.6) is 0 Å². The summed E-state index contributed by atoms with van der Waals surface area (Å²) in [5.41, 5.74) is 0. The zero-order valence-corrected chi connectivity index (χ0v) is 8.76. The van der Waals surface area contributed by atoms with Crippen molar-refractivity contribution in [2.45, 2.75) is 13.3 Å². The zero-order chi connectivity index (χ0) is 10.2. The predicted octanol–water partition coefficient (Wildman–Crippen LogP) is -0.435. The van der Waals surface area contributed by atoms with Gasteiger partial charge in [0.15, 0.2) is 0 Å². The highest BCUT2D eigenvalue weighted by molar-refractivity contribution is 7.87. The summed E-state index contributed by atoms with van der Waals surface area (Å²) in [5.74, 6) is -0.187. The van der Waals surface area contributed by atoms with Crippen molar-refractivity contribution >= 4 is 16.1 Å². The fourth-order valence-electron chi connectivity index (χ4n) is 0.982. The Morgan fingerprint density at radius 1 is 1.46 bits per heavy atom. The minimum absolute atomic E-state index is 0.116. The Morgan fingerprint density at radius 2 is 1.92 bits per heavy atom. The van der Waals surface area contributed by atoms with Crippen LogP contribution < -0.4 is 4.72 Å². The molecule has 0 aromatic carbocycles. The fraction of sp³-hybridized carbons (Fsp3) is 0.857. The van der Waals surface area contributed by atoms with E-state index in [1.54, 1.807) is 0 Å². The summed E-state index contributed by atoms with van der Waals surface area (Å²) in [4.78, 5) is 11.2. The Kier molecular flexibility index (Phi) is 2.63. The van der Waals surface area contributed by atoms with Gasteiger partial charge in [-0.2, -0.15) is 12.7 Å². The second kappa shape index (κ2) is 3.26. The average molecular weight is 206 g/mol. The molecule has 1 saturated carbocycles. The lowest BCUT2D eigenvalue weighted by Crippen LogP contribution is -2.40. The molecule has 0 radical (unpaired) electrons. The van der Waals surface area contributed by atoms with E-state index in [1.165, 1.54) is 14.1 Å². The van der Waals surface area contributed by atoms with Crippen molar-refractivity contribution in [1.29, 1.82) is 0 Å². The Hall–Kier alpha value is -0.620. The number of nitrogens with one attached hydrogen (secondary N) is 1. The first-order valence-corrected chi connectivity index (χ1v) is 5.52. The first-order chi connectivity index (χ1) is 5.84. The van der Waals surface area contributed by atoms with E-state index in [0.717, 1.165) is 10.7 Å². The summed E-state index contributed by atoms with van der Waals surface area (Å²) < 4.78 is 25.3. The number of nitrogens with zero attached hydrogens (tertiary/aromatic N) is 1. The summed E-state index contributed by atoms with van der Waals surface area (Å²) in [6.07, 6.45) is 0.786. The summed E-state index contributed by atoms with van der Waals surface area (Å²) in [6, 6.07) is 0. The molecule has 5 nitrogen and oxygen atoms in total. The molecule has 0 unspecified atom stereocenters. The highest BCUT2D eigenvalue weighted by Gasteiger charge is 2.40. The third-order valence-corrected chi connectivity index (χ3v) is 3.58. The van der Waals surface area contributed by atoms with Crippen LogP contribution in [0.3, 0.4) is 0 Å². The van der Waals surface area contributed by atoms with Gasteiger partial charge in [-0.3, -0.25) is 4.79 Å². The first-order valence-electron chi connectivity index (χ1n) is 4.08. The van der Waals surface area contributed by atoms with Crippen LogP contribution in [0, 0.1) is 11.8 Å². The Bertz CT molecular complexity index is 310. The van der Waals surface area contributed by atoms with Crippen LogP contribution in [0.15, 0.2) is 0 Å². The van der Waals surface area contributed by atoms with E-state index in [2.05, 4.69) is 0 Å². The molecule has 1 fully saturated rings. The molecule has 0 aliphatic heterocycles. The molecule has 13 heavy (non-hydrogen) atoms. The lowest BCUT2D eigenvalue weighted by Gasteiger charge is -2.11. The molecule has 0 bridgehead atoms. The van der Waals surface area contributed by atoms with Gasteiger partial charge < -0.3 is 0 Å². The van der Waals surface area contributed by atoms with Crippen LogP contribution in [-0.2, 0) is 15.0 Å². The molecule has 0 aromatic rings. The molecule has 76 valence electrons. The summed E-state index contributed by atoms with van der Waals surface area (Å²) >= 11 is 0. The second-order valence-electron chi connectivity index (χ2n) is 3.57. The number of carbonyl (C=O) groups is 1. The highest BCUT2D eigenvalue weighted by Crippen LogP contribution is 2.37. The largest absolute Gasteiger partial charge is 0.303 e. The van der Waals surface area contributed by atoms with Crippen LogP contribution in [-0.4, -0.2) is 32.7 Å². The zero-order valence-electron chi connectivity index (χ0n) is 7.94. The molecule has 2 atom stereocenters. The highest BCUT2D eigenvalue weighted by atomic mass is 32.2. The molecule has 0 saturated heterocycles. The molecule has 0 heterocycles. The molecule has 1 N–H and O–H groups in total. The van der Waals surface area contributed by atoms with Crippen molar-refractivity contribution in [3.63, 3.8) is 0 Å². The van der Waals surface area contributed by atoms with Crippen LogP contribution in [0.25, 0.3) is 0 Å². The summed E-state index contributed by atoms with van der Waals surface area (Å²) in [5, 5.41) is 0. The van der Waals surface area contributed by atoms with Gasteiger partial charge in [0.2, 0.25) is 5.91 Å². The van der Waals surface area contributed by atoms with E-state index < -0.39 is 10.2 Å². The quantitative estimate of drug-likeness (QED) is 0.681. The standard InChI is InChI=1S/C7H14N2O3S/c1-5-4-6(5)7(10)8-13(11,12)9(2)3/h5-6H,4H2,1-3H3,(H,8,10)/t5-,6-/m0/s1. The number of hydrogen-bond acceptors (Lipinski definition) is 3. The van der Waals surface area contributed by atoms with E-state index in [1.807, 2.05) is 11.6 Å². The monoisotopic (exact) mass is 206 g/mol. The van der Waals surface area contributed by atoms with Gasteiger partial charge >= 0.3 is 10.2 Å². The third kappa shape index (κ3) is 2.41. The van der Waals surface area contributed by atoms with Gasteiger partial charge in [0.1, 0.15) is 0 Å². The summed E-state index contributed by atoms with van der Waals surface area (Å²) in [6.45, 7) is 1.92. The minimum atomic E-state index is -3.59. The molecule has 0 spiro atoms. The van der Waals surface area contributed by atoms with Gasteiger partial charge in [0, 0.05) is 20.0 Å². The maximum atomic E-state index is 11.2. The maximum Gasteiger partial charge on any atom is 0.303 e. The topological polar surface area (TPSA) is 66.5 Å². The first kappa shape index (κ1) is 10.5. The molecule has 1 aliphatic carbocycles. The number of rotatable bonds is 3. The molecular weight excluding hydrogens is 192 g/mol. The van der Waals surface area contributed by atoms with Gasteiger partial charge in [0.05, 0.1) is 0 Å². The van der Waals surface area contributed by atoms with E-state index in [-0.39, 0.29) is 11.8 Å². The van der Waals surface area contributed by atoms with Gasteiger partial charge in [-0.05, 0) is 12.3 Å². The molecule has 6 heteroatoms. The molecular formula is C7H14N2O3S. The van der Waals surface area contributed by atoms with E-state index in [9.17, 15) is 13.2 Å². The lowest BCUT2D eigenvalue weighted by molar-refractivity contribution is -0.120. The van der Waals surface area contributed by atoms with E-state index in [4.69, 9.17) is 0 Å². The van der Waals surface area contributed by atoms with Crippen molar-refractivity contribution < 1.29 is 13.2 Å². The van der Waals surface area contributed by atoms with Crippen LogP contribution >= 0.6 is 0 Å². The van der Waals surface area contributed by atoms with Crippen LogP contribution in [0.1, 0.15) is 13.3 Å². The summed E-state index contributed by atoms with van der Waals surface area (Å²) in [7, 11) is -0.830. The number of hydrogen-bond donors (Lipinski definition) is 1. The Morgan fingerprint density at radius 3 is 2.23 bits per heavy atom. The predicted molar refractivity (Wildman–Crippen MR) is 48.0 cm³/mol. The molecule has 1 amide bonds. The third-order valence-electron chi connectivity index (χ3n) is 2.16. The Labute approximate surface area is 78.3 Å². The van der Waals surface area contributed by atoms with Gasteiger partial charge in [-0.15, -0.1) is 0 Å². The Balaban J connectivity index is 2.54. The fourth-order valence-corrected chi connectivity index (χ4v) is 1.57. The number of carbonyl (C=O) groups excluding carboxylic acids is 1. The second-order valence-corrected chi connectivity index (χ2v) is 5.46. The van der Waals surface area contributed by atoms with Crippen LogP contribution in [0.4, 0.5) is 0 Å². The van der Waals surface area contributed by atoms with E-state index >= 15 is 0 Å². The molecule has 0 aromatic heterocycles. The smallest absolute Gasteiger partial charge is 0.274 e. The van der Waals surface area contributed by atoms with Gasteiger partial charge in [-0.1, -0.05) is 6.92 Å². The normalized spacial score (nSPS) is 27.4. The van der Waals surface area contributed by atoms with Crippen molar-refractivity contribution in [1.82, 2.24) is 9.03 Å². The van der Waals surface area contributed by atoms with Crippen molar-refractivity contribution in [3.05, 3.63) is 0 Å². The lowest BCUT2D eigenvalue weighted by atomic mass is 10.3. The van der Waals surface area contributed by atoms with Crippen molar-refractivity contribution in [3.8, 4) is 0 Å². The van der Waals surface area contributed by atoms with Crippen molar-refractivity contribution in [2.24, 2.45) is 11.8 Å². The van der Waals surface area contributed by atoms with Crippen LogP contribution in [0.2, 0.25) is 0 Å².